The molecule has 6 nitrogen and oxygen atoms in total. The summed E-state index contributed by atoms with van der Waals surface area (Å²) in [5, 5.41) is 20.7. The monoisotopic (exact) mass is 601 g/mol. The smallest absolute Gasteiger partial charge is 0.320 e. The summed E-state index contributed by atoms with van der Waals surface area (Å²) in [6.45, 7) is 12.4. The zero-order valence-electron chi connectivity index (χ0n) is 25.3. The lowest BCUT2D eigenvalue weighted by Gasteiger charge is -2.62. The Morgan fingerprint density at radius 2 is 1.57 bits per heavy atom. The molecule has 4 rings (SSSR count). The van der Waals surface area contributed by atoms with Gasteiger partial charge in [-0.1, -0.05) is 20.8 Å². The maximum Gasteiger partial charge on any atom is 0.320 e. The summed E-state index contributed by atoms with van der Waals surface area (Å²) < 4.78 is 6.03. The molecule has 0 aromatic heterocycles. The van der Waals surface area contributed by atoms with Crippen LogP contribution in [0.2, 0.25) is 0 Å². The summed E-state index contributed by atoms with van der Waals surface area (Å²) in [5.41, 5.74) is 0.345. The molecule has 0 heterocycles. The van der Waals surface area contributed by atoms with Crippen molar-refractivity contribution in [3.05, 3.63) is 0 Å². The quantitative estimate of drug-likeness (QED) is 0.205. The number of carbonyl (C=O) groups is 2. The molecule has 12 atom stereocenters. The first-order valence-electron chi connectivity index (χ1n) is 15.8. The van der Waals surface area contributed by atoms with Crippen LogP contribution in [0, 0.1) is 46.3 Å². The van der Waals surface area contributed by atoms with Crippen LogP contribution in [0.4, 0.5) is 0 Å². The Balaban J connectivity index is 1.39. The van der Waals surface area contributed by atoms with Crippen molar-refractivity contribution in [1.82, 2.24) is 4.90 Å². The van der Waals surface area contributed by atoms with Crippen molar-refractivity contribution < 1.29 is 24.5 Å². The predicted molar refractivity (Wildman–Crippen MR) is 160 cm³/mol. The fraction of sp³-hybridized carbons (Fsp3) is 0.938. The van der Waals surface area contributed by atoms with E-state index in [1.165, 1.54) is 6.42 Å². The standard InChI is InChI=1S/C32H53Cl2NO5/c1-19(6-9-28(37)38)24-7-8-25-30-26(11-13-32(24,25)5)31(4)12-10-23(14-22(31)15-27(30)36)40-29(39)18-35(16-20(2)33)17-21(3)34/h19-27,30,36H,6-18H2,1-5H3,(H,37,38)/t19-,20?,21?,22?,23+,24-,25+,26+,27+,30+,31+,32-/m1/s1. The molecule has 0 spiro atoms. The molecule has 0 bridgehead atoms. The Morgan fingerprint density at radius 1 is 0.950 bits per heavy atom. The van der Waals surface area contributed by atoms with Crippen LogP contribution in [0.1, 0.15) is 98.8 Å². The number of hydrogen-bond donors (Lipinski definition) is 2. The molecule has 0 aromatic rings. The van der Waals surface area contributed by atoms with Gasteiger partial charge in [-0.25, -0.2) is 0 Å². The number of nitrogens with zero attached hydrogens (tertiary/aromatic N) is 1. The Hall–Kier alpha value is -0.560. The molecule has 0 amide bonds. The van der Waals surface area contributed by atoms with Crippen LogP contribution in [-0.4, -0.2) is 69.6 Å². The van der Waals surface area contributed by atoms with E-state index in [1.54, 1.807) is 0 Å². The molecule has 4 saturated carbocycles. The lowest BCUT2D eigenvalue weighted by atomic mass is 9.43. The summed E-state index contributed by atoms with van der Waals surface area (Å²) >= 11 is 12.4. The van der Waals surface area contributed by atoms with E-state index in [0.717, 1.165) is 51.4 Å². The molecular formula is C32H53Cl2NO5. The second-order valence-electron chi connectivity index (χ2n) is 14.6. The summed E-state index contributed by atoms with van der Waals surface area (Å²) in [7, 11) is 0. The van der Waals surface area contributed by atoms with E-state index < -0.39 is 5.97 Å². The SMILES string of the molecule is CC(Cl)CN(CC(=O)O[C@H]1CC[C@@]2(C)C(C1)C[C@H](O)[C@H]1[C@@H]3CC[C@H]([C@H](C)CCC(=O)O)[C@@]3(C)CC[C@@H]12)CC(C)Cl. The van der Waals surface area contributed by atoms with Crippen molar-refractivity contribution >= 4 is 35.1 Å². The van der Waals surface area contributed by atoms with Gasteiger partial charge in [-0.3, -0.25) is 14.5 Å². The number of carboxylic acids is 1. The number of rotatable bonds is 11. The normalized spacial score (nSPS) is 41.4. The van der Waals surface area contributed by atoms with Crippen molar-refractivity contribution in [2.45, 2.75) is 122 Å². The van der Waals surface area contributed by atoms with Gasteiger partial charge in [-0.2, -0.15) is 0 Å². The summed E-state index contributed by atoms with van der Waals surface area (Å²) in [6.07, 6.45) is 8.71. The van der Waals surface area contributed by atoms with E-state index in [2.05, 4.69) is 20.8 Å². The number of alkyl halides is 2. The zero-order chi connectivity index (χ0) is 29.4. The molecule has 2 N–H and O–H groups in total. The third-order valence-corrected chi connectivity index (χ3v) is 12.2. The number of hydrogen-bond acceptors (Lipinski definition) is 5. The van der Waals surface area contributed by atoms with Crippen LogP contribution in [0.3, 0.4) is 0 Å². The molecule has 0 aliphatic heterocycles. The highest BCUT2D eigenvalue weighted by Crippen LogP contribution is 2.68. The van der Waals surface area contributed by atoms with Gasteiger partial charge >= 0.3 is 11.9 Å². The van der Waals surface area contributed by atoms with Gasteiger partial charge in [0.25, 0.3) is 0 Å². The molecule has 4 fully saturated rings. The van der Waals surface area contributed by atoms with E-state index in [4.69, 9.17) is 27.9 Å². The molecule has 4 aliphatic carbocycles. The molecule has 3 unspecified atom stereocenters. The van der Waals surface area contributed by atoms with Crippen LogP contribution < -0.4 is 0 Å². The molecule has 0 radical (unpaired) electrons. The average Bonchev–Trinajstić information content (AvgIpc) is 3.19. The third kappa shape index (κ3) is 6.81. The Bertz CT molecular complexity index is 891. The summed E-state index contributed by atoms with van der Waals surface area (Å²) in [4.78, 5) is 26.1. The molecule has 0 saturated heterocycles. The fourth-order valence-electron chi connectivity index (χ4n) is 10.1. The lowest BCUT2D eigenvalue weighted by molar-refractivity contribution is -0.183. The topological polar surface area (TPSA) is 87.1 Å². The van der Waals surface area contributed by atoms with Crippen molar-refractivity contribution in [2.75, 3.05) is 19.6 Å². The maximum atomic E-state index is 12.9. The number of aliphatic carboxylic acids is 1. The van der Waals surface area contributed by atoms with Gasteiger partial charge in [-0.05, 0) is 118 Å². The highest BCUT2D eigenvalue weighted by molar-refractivity contribution is 6.21. The van der Waals surface area contributed by atoms with E-state index in [1.807, 2.05) is 18.7 Å². The molecule has 40 heavy (non-hydrogen) atoms. The Morgan fingerprint density at radius 3 is 2.20 bits per heavy atom. The number of carboxylic acid groups (broad SMARTS) is 1. The van der Waals surface area contributed by atoms with Crippen LogP contribution in [0.25, 0.3) is 0 Å². The van der Waals surface area contributed by atoms with Crippen LogP contribution in [0.15, 0.2) is 0 Å². The second-order valence-corrected chi connectivity index (χ2v) is 16.1. The summed E-state index contributed by atoms with van der Waals surface area (Å²) in [5.74, 6) is 1.70. The predicted octanol–water partition coefficient (Wildman–Crippen LogP) is 6.59. The highest BCUT2D eigenvalue weighted by atomic mass is 35.5. The minimum Gasteiger partial charge on any atom is -0.481 e. The lowest BCUT2D eigenvalue weighted by Crippen LogP contribution is -2.59. The largest absolute Gasteiger partial charge is 0.481 e. The fourth-order valence-corrected chi connectivity index (χ4v) is 10.5. The summed E-state index contributed by atoms with van der Waals surface area (Å²) in [6, 6.07) is 0. The Labute approximate surface area is 251 Å². The zero-order valence-corrected chi connectivity index (χ0v) is 26.8. The highest BCUT2D eigenvalue weighted by Gasteiger charge is 2.63. The second kappa shape index (κ2) is 13.0. The maximum absolute atomic E-state index is 12.9. The van der Waals surface area contributed by atoms with E-state index >= 15 is 0 Å². The number of ether oxygens (including phenoxy) is 1. The minimum atomic E-state index is -0.703. The first kappa shape index (κ1) is 32.4. The molecule has 0 aromatic carbocycles. The van der Waals surface area contributed by atoms with Gasteiger partial charge in [0.1, 0.15) is 6.10 Å². The van der Waals surface area contributed by atoms with E-state index in [-0.39, 0.29) is 52.7 Å². The number of fused-ring (bicyclic) bond motifs is 5. The van der Waals surface area contributed by atoms with E-state index in [9.17, 15) is 19.8 Å². The van der Waals surface area contributed by atoms with Crippen molar-refractivity contribution in [3.8, 4) is 0 Å². The minimum absolute atomic E-state index is 0.0734. The Kier molecular flexibility index (Phi) is 10.5. The average molecular weight is 603 g/mol. The third-order valence-electron chi connectivity index (χ3n) is 11.9. The first-order valence-corrected chi connectivity index (χ1v) is 16.7. The number of aliphatic hydroxyl groups excluding tert-OH is 1. The van der Waals surface area contributed by atoms with Gasteiger partial charge in [-0.15, -0.1) is 23.2 Å². The van der Waals surface area contributed by atoms with E-state index in [0.29, 0.717) is 48.6 Å². The van der Waals surface area contributed by atoms with Crippen LogP contribution in [-0.2, 0) is 14.3 Å². The number of halogens is 2. The number of carbonyl (C=O) groups excluding carboxylic acids is 1. The van der Waals surface area contributed by atoms with Crippen molar-refractivity contribution in [3.63, 3.8) is 0 Å². The molecule has 230 valence electrons. The number of aliphatic hydroxyl groups is 1. The van der Waals surface area contributed by atoms with Gasteiger partial charge in [0.15, 0.2) is 0 Å². The van der Waals surface area contributed by atoms with Gasteiger partial charge < -0.3 is 14.9 Å². The molecule has 4 aliphatic rings. The number of esters is 1. The molecule has 8 heteroatoms. The van der Waals surface area contributed by atoms with Gasteiger partial charge in [0.05, 0.1) is 12.6 Å². The van der Waals surface area contributed by atoms with Gasteiger partial charge in [0, 0.05) is 30.3 Å². The van der Waals surface area contributed by atoms with Crippen molar-refractivity contribution in [1.29, 1.82) is 0 Å². The molecular weight excluding hydrogens is 549 g/mol. The van der Waals surface area contributed by atoms with Crippen LogP contribution in [0.5, 0.6) is 0 Å². The van der Waals surface area contributed by atoms with Gasteiger partial charge in [0.2, 0.25) is 0 Å². The van der Waals surface area contributed by atoms with Crippen molar-refractivity contribution in [2.24, 2.45) is 46.3 Å². The van der Waals surface area contributed by atoms with Crippen LogP contribution >= 0.6 is 23.2 Å². The first-order chi connectivity index (χ1) is 18.7.